The Morgan fingerprint density at radius 2 is 1.38 bits per heavy atom. The lowest BCUT2D eigenvalue weighted by atomic mass is 10.1. The molecule has 0 unspecified atom stereocenters. The largest absolute Gasteiger partial charge is 0.375 e. The molecule has 2 aromatic rings. The topological polar surface area (TPSA) is 3.24 Å². The number of nitrogens with zero attached hydrogens (tertiary/aromatic N) is 1. The van der Waals surface area contributed by atoms with Crippen LogP contribution in [0, 0.1) is 6.92 Å². The summed E-state index contributed by atoms with van der Waals surface area (Å²) in [7, 11) is 2.16. The second-order valence-corrected chi connectivity index (χ2v) is 5.61. The fourth-order valence-electron chi connectivity index (χ4n) is 2.23. The van der Waals surface area contributed by atoms with Gasteiger partial charge in [0.2, 0.25) is 0 Å². The molecule has 1 nitrogen and oxygen atoms in total. The molecule has 2 rings (SSSR count). The fourth-order valence-corrected chi connectivity index (χ4v) is 2.23. The summed E-state index contributed by atoms with van der Waals surface area (Å²) in [6.45, 7) is 5.46. The van der Waals surface area contributed by atoms with Gasteiger partial charge in [0, 0.05) is 19.3 Å². The third-order valence-electron chi connectivity index (χ3n) is 3.73. The Morgan fingerprint density at radius 3 is 1.90 bits per heavy atom. The van der Waals surface area contributed by atoms with Crippen molar-refractivity contribution in [3.8, 4) is 0 Å². The van der Waals surface area contributed by atoms with Gasteiger partial charge in [-0.1, -0.05) is 67.5 Å². The van der Waals surface area contributed by atoms with Crippen molar-refractivity contribution in [2.75, 3.05) is 18.5 Å². The predicted molar refractivity (Wildman–Crippen MR) is 94.7 cm³/mol. The van der Waals surface area contributed by atoms with Crippen LogP contribution in [0.1, 0.15) is 36.5 Å². The van der Waals surface area contributed by atoms with Crippen molar-refractivity contribution in [1.29, 1.82) is 0 Å². The predicted octanol–water partition coefficient (Wildman–Crippen LogP) is 5.40. The van der Waals surface area contributed by atoms with E-state index in [0.29, 0.717) is 0 Å². The molecule has 0 spiro atoms. The van der Waals surface area contributed by atoms with Crippen LogP contribution in [0.5, 0.6) is 0 Å². The first-order chi connectivity index (χ1) is 10.2. The lowest BCUT2D eigenvalue weighted by molar-refractivity contribution is 0.767. The zero-order chi connectivity index (χ0) is 15.1. The Morgan fingerprint density at radius 1 is 0.857 bits per heavy atom. The van der Waals surface area contributed by atoms with Gasteiger partial charge in [0.05, 0.1) is 0 Å². The average molecular weight is 279 g/mol. The molecule has 0 amide bonds. The molecule has 0 aromatic heterocycles. The lowest BCUT2D eigenvalue weighted by Crippen LogP contribution is -2.17. The molecule has 0 bridgehead atoms. The first-order valence-corrected chi connectivity index (χ1v) is 7.75. The number of anilines is 1. The Hall–Kier alpha value is -2.02. The van der Waals surface area contributed by atoms with E-state index in [2.05, 4.69) is 86.5 Å². The number of aryl methyl sites for hydroxylation is 1. The summed E-state index contributed by atoms with van der Waals surface area (Å²) in [6, 6.07) is 17.4. The molecule has 110 valence electrons. The maximum Gasteiger partial charge on any atom is 0.0364 e. The number of benzene rings is 2. The summed E-state index contributed by atoms with van der Waals surface area (Å²) in [6.07, 6.45) is 6.81. The highest BCUT2D eigenvalue weighted by molar-refractivity contribution is 5.70. The molecule has 0 aliphatic carbocycles. The fraction of sp³-hybridized carbons (Fsp3) is 0.300. The number of unbranched alkanes of at least 4 members (excludes halogenated alkanes) is 1. The van der Waals surface area contributed by atoms with Crippen LogP contribution in [0.3, 0.4) is 0 Å². The first kappa shape index (κ1) is 15.4. The van der Waals surface area contributed by atoms with Gasteiger partial charge in [0.1, 0.15) is 0 Å². The van der Waals surface area contributed by atoms with Gasteiger partial charge >= 0.3 is 0 Å². The molecule has 0 radical (unpaired) electrons. The third-order valence-corrected chi connectivity index (χ3v) is 3.73. The van der Waals surface area contributed by atoms with E-state index in [0.717, 1.165) is 6.54 Å². The van der Waals surface area contributed by atoms with E-state index >= 15 is 0 Å². The molecule has 0 saturated carbocycles. The summed E-state index contributed by atoms with van der Waals surface area (Å²) < 4.78 is 0. The van der Waals surface area contributed by atoms with Crippen LogP contribution in [0.15, 0.2) is 48.5 Å². The minimum Gasteiger partial charge on any atom is -0.375 e. The van der Waals surface area contributed by atoms with Gasteiger partial charge in [-0.25, -0.2) is 0 Å². The van der Waals surface area contributed by atoms with E-state index in [1.807, 2.05) is 0 Å². The normalized spacial score (nSPS) is 11.0. The van der Waals surface area contributed by atoms with Crippen molar-refractivity contribution in [1.82, 2.24) is 0 Å². The van der Waals surface area contributed by atoms with Gasteiger partial charge in [-0.05, 0) is 36.6 Å². The second kappa shape index (κ2) is 7.68. The van der Waals surface area contributed by atoms with Gasteiger partial charge < -0.3 is 4.90 Å². The summed E-state index contributed by atoms with van der Waals surface area (Å²) >= 11 is 0. The van der Waals surface area contributed by atoms with Crippen molar-refractivity contribution in [2.45, 2.75) is 26.7 Å². The van der Waals surface area contributed by atoms with Crippen molar-refractivity contribution in [3.05, 3.63) is 65.2 Å². The Labute approximate surface area is 128 Å². The van der Waals surface area contributed by atoms with Crippen molar-refractivity contribution < 1.29 is 0 Å². The van der Waals surface area contributed by atoms with E-state index < -0.39 is 0 Å². The van der Waals surface area contributed by atoms with Crippen LogP contribution < -0.4 is 4.90 Å². The van der Waals surface area contributed by atoms with E-state index in [1.165, 1.54) is 35.2 Å². The third kappa shape index (κ3) is 4.78. The Bertz CT molecular complexity index is 564. The average Bonchev–Trinajstić information content (AvgIpc) is 2.52. The van der Waals surface area contributed by atoms with Gasteiger partial charge in [0.25, 0.3) is 0 Å². The Balaban J connectivity index is 2.00. The monoisotopic (exact) mass is 279 g/mol. The molecule has 21 heavy (non-hydrogen) atoms. The first-order valence-electron chi connectivity index (χ1n) is 7.75. The molecule has 0 N–H and O–H groups in total. The maximum absolute atomic E-state index is 2.32. The molecule has 0 saturated heterocycles. The quantitative estimate of drug-likeness (QED) is 0.640. The summed E-state index contributed by atoms with van der Waals surface area (Å²) in [5.41, 5.74) is 5.07. The van der Waals surface area contributed by atoms with E-state index in [9.17, 15) is 0 Å². The molecule has 1 heteroatoms. The SMILES string of the molecule is CCCCN(C)c1ccc(C=Cc2ccc(C)cc2)cc1. The van der Waals surface area contributed by atoms with Crippen LogP contribution in [0.2, 0.25) is 0 Å². The smallest absolute Gasteiger partial charge is 0.0364 e. The highest BCUT2D eigenvalue weighted by atomic mass is 15.1. The standard InChI is InChI=1S/C20H25N/c1-4-5-16-21(3)20-14-12-19(13-15-20)11-10-18-8-6-17(2)7-9-18/h6-15H,4-5,16H2,1-3H3. The molecule has 0 aliphatic rings. The minimum absolute atomic E-state index is 1.12. The van der Waals surface area contributed by atoms with Gasteiger partial charge in [-0.2, -0.15) is 0 Å². The summed E-state index contributed by atoms with van der Waals surface area (Å²) in [5.74, 6) is 0. The lowest BCUT2D eigenvalue weighted by Gasteiger charge is -2.18. The van der Waals surface area contributed by atoms with Crippen molar-refractivity contribution in [2.24, 2.45) is 0 Å². The number of hydrogen-bond acceptors (Lipinski definition) is 1. The maximum atomic E-state index is 2.32. The number of hydrogen-bond donors (Lipinski definition) is 0. The van der Waals surface area contributed by atoms with Crippen LogP contribution in [-0.4, -0.2) is 13.6 Å². The van der Waals surface area contributed by atoms with Crippen LogP contribution in [-0.2, 0) is 0 Å². The van der Waals surface area contributed by atoms with Crippen LogP contribution in [0.4, 0.5) is 5.69 Å². The second-order valence-electron chi connectivity index (χ2n) is 5.61. The van der Waals surface area contributed by atoms with E-state index in [-0.39, 0.29) is 0 Å². The summed E-state index contributed by atoms with van der Waals surface area (Å²) in [4.78, 5) is 2.32. The molecular formula is C20H25N. The van der Waals surface area contributed by atoms with E-state index in [1.54, 1.807) is 0 Å². The van der Waals surface area contributed by atoms with Crippen molar-refractivity contribution in [3.63, 3.8) is 0 Å². The zero-order valence-corrected chi connectivity index (χ0v) is 13.3. The molecule has 0 fully saturated rings. The van der Waals surface area contributed by atoms with Gasteiger partial charge in [-0.3, -0.25) is 0 Å². The molecule has 2 aromatic carbocycles. The highest BCUT2D eigenvalue weighted by Gasteiger charge is 1.99. The van der Waals surface area contributed by atoms with Gasteiger partial charge in [-0.15, -0.1) is 0 Å². The molecule has 0 aliphatic heterocycles. The minimum atomic E-state index is 1.12. The van der Waals surface area contributed by atoms with Crippen LogP contribution >= 0.6 is 0 Å². The van der Waals surface area contributed by atoms with E-state index in [4.69, 9.17) is 0 Å². The molecule has 0 heterocycles. The van der Waals surface area contributed by atoms with Crippen LogP contribution in [0.25, 0.3) is 12.2 Å². The van der Waals surface area contributed by atoms with Crippen molar-refractivity contribution >= 4 is 17.8 Å². The Kier molecular flexibility index (Phi) is 5.62. The summed E-state index contributed by atoms with van der Waals surface area (Å²) in [5, 5.41) is 0. The van der Waals surface area contributed by atoms with Gasteiger partial charge in [0.15, 0.2) is 0 Å². The molecule has 0 atom stereocenters. The zero-order valence-electron chi connectivity index (χ0n) is 13.3. The number of rotatable bonds is 6. The molecular weight excluding hydrogens is 254 g/mol. The highest BCUT2D eigenvalue weighted by Crippen LogP contribution is 2.16.